The minimum Gasteiger partial charge on any atom is -0.497 e. The quantitative estimate of drug-likeness (QED) is 0.176. The predicted octanol–water partition coefficient (Wildman–Crippen LogP) is 6.05. The molecule has 188 valence electrons. The molecule has 1 unspecified atom stereocenters. The van der Waals surface area contributed by atoms with Crippen molar-refractivity contribution < 1.29 is 19.1 Å². The lowest BCUT2D eigenvalue weighted by molar-refractivity contribution is -0.134. The minimum absolute atomic E-state index is 0.232. The smallest absolute Gasteiger partial charge is 0.252 e. The first-order chi connectivity index (χ1) is 17.3. The molecule has 7 nitrogen and oxygen atoms in total. The minimum atomic E-state index is -0.917. The van der Waals surface area contributed by atoms with Gasteiger partial charge >= 0.3 is 0 Å². The van der Waals surface area contributed by atoms with Crippen molar-refractivity contribution in [1.29, 1.82) is 0 Å². The fraction of sp³-hybridized carbons (Fsp3) is 0.222. The highest BCUT2D eigenvalue weighted by Gasteiger charge is 2.30. The molecule has 0 aliphatic carbocycles. The third kappa shape index (κ3) is 7.83. The number of hydrogen-bond acceptors (Lipinski definition) is 5. The van der Waals surface area contributed by atoms with Gasteiger partial charge < -0.3 is 14.8 Å². The summed E-state index contributed by atoms with van der Waals surface area (Å²) in [6, 6.07) is 19.8. The second-order valence-electron chi connectivity index (χ2n) is 8.28. The number of anilines is 1. The second-order valence-corrected chi connectivity index (χ2v) is 9.57. The summed E-state index contributed by atoms with van der Waals surface area (Å²) in [6.45, 7) is 4.01. The van der Waals surface area contributed by atoms with E-state index in [1.807, 2.05) is 42.5 Å². The molecule has 0 radical (unpaired) electrons. The van der Waals surface area contributed by atoms with Gasteiger partial charge in [0.1, 0.15) is 24.0 Å². The highest BCUT2D eigenvalue weighted by molar-refractivity contribution is 9.10. The summed E-state index contributed by atoms with van der Waals surface area (Å²) in [5, 5.41) is 7.48. The molecule has 0 fully saturated rings. The summed E-state index contributed by atoms with van der Waals surface area (Å²) < 4.78 is 11.7. The monoisotopic (exact) mass is 571 g/mol. The first-order valence-electron chi connectivity index (χ1n) is 11.2. The molecule has 0 heterocycles. The number of hydrazone groups is 1. The first-order valence-corrected chi connectivity index (χ1v) is 12.4. The van der Waals surface area contributed by atoms with Gasteiger partial charge in [-0.15, -0.1) is 0 Å². The van der Waals surface area contributed by atoms with Gasteiger partial charge in [0.15, 0.2) is 0 Å². The van der Waals surface area contributed by atoms with Crippen molar-refractivity contribution >= 4 is 51.2 Å². The number of hydrogen-bond donors (Lipinski definition) is 2. The van der Waals surface area contributed by atoms with Gasteiger partial charge in [-0.3, -0.25) is 9.59 Å². The van der Waals surface area contributed by atoms with Crippen LogP contribution in [0.4, 0.5) is 5.69 Å². The average Bonchev–Trinajstić information content (AvgIpc) is 2.85. The predicted molar refractivity (Wildman–Crippen MR) is 146 cm³/mol. The highest BCUT2D eigenvalue weighted by atomic mass is 79.9. The van der Waals surface area contributed by atoms with Crippen molar-refractivity contribution in [2.75, 3.05) is 12.4 Å². The first kappa shape index (κ1) is 27.2. The molecular formula is C27H27BrClN3O4. The van der Waals surface area contributed by atoms with Gasteiger partial charge in [0.05, 0.1) is 17.8 Å². The van der Waals surface area contributed by atoms with Crippen LogP contribution in [-0.2, 0) is 16.2 Å². The highest BCUT2D eigenvalue weighted by Crippen LogP contribution is 2.26. The molecule has 0 aliphatic rings. The average molecular weight is 573 g/mol. The van der Waals surface area contributed by atoms with E-state index in [0.29, 0.717) is 28.8 Å². The summed E-state index contributed by atoms with van der Waals surface area (Å²) >= 11 is 9.41. The molecule has 2 N–H and O–H groups in total. The second kappa shape index (κ2) is 13.1. The molecule has 0 aromatic heterocycles. The van der Waals surface area contributed by atoms with Crippen molar-refractivity contribution in [3.05, 3.63) is 87.4 Å². The van der Waals surface area contributed by atoms with Crippen LogP contribution in [0.25, 0.3) is 0 Å². The van der Waals surface area contributed by atoms with E-state index in [9.17, 15) is 9.59 Å². The van der Waals surface area contributed by atoms with Crippen LogP contribution in [0.15, 0.2) is 76.3 Å². The van der Waals surface area contributed by atoms with E-state index in [1.165, 1.54) is 6.21 Å². The van der Waals surface area contributed by atoms with Crippen LogP contribution in [-0.4, -0.2) is 25.1 Å². The lowest BCUT2D eigenvalue weighted by atomic mass is 9.94. The Morgan fingerprint density at radius 3 is 2.33 bits per heavy atom. The number of halogens is 2. The number of methoxy groups -OCH3 is 1. The van der Waals surface area contributed by atoms with Gasteiger partial charge in [-0.2, -0.15) is 5.10 Å². The molecule has 3 rings (SSSR count). The van der Waals surface area contributed by atoms with Crippen molar-refractivity contribution in [3.63, 3.8) is 0 Å². The Labute approximate surface area is 224 Å². The van der Waals surface area contributed by atoms with Crippen LogP contribution in [0.2, 0.25) is 5.02 Å². The van der Waals surface area contributed by atoms with E-state index in [0.717, 1.165) is 15.6 Å². The number of nitrogens with one attached hydrogen (secondary N) is 2. The third-order valence-electron chi connectivity index (χ3n) is 5.24. The SMILES string of the molecule is COc1ccc(NC(=O)C(C(=O)NN=Cc2ccc(OCc3ccc(Cl)cc3)c(Br)c2)C(C)C)cc1. The zero-order chi connectivity index (χ0) is 26.1. The maximum absolute atomic E-state index is 12.8. The van der Waals surface area contributed by atoms with E-state index in [1.54, 1.807) is 45.2 Å². The fourth-order valence-corrected chi connectivity index (χ4v) is 3.95. The summed E-state index contributed by atoms with van der Waals surface area (Å²) in [4.78, 5) is 25.5. The van der Waals surface area contributed by atoms with Crippen LogP contribution in [0.1, 0.15) is 25.0 Å². The molecule has 0 bridgehead atoms. The number of benzene rings is 3. The van der Waals surface area contributed by atoms with Crippen LogP contribution < -0.4 is 20.2 Å². The number of nitrogens with zero attached hydrogens (tertiary/aromatic N) is 1. The normalized spacial score (nSPS) is 11.8. The zero-order valence-electron chi connectivity index (χ0n) is 20.1. The van der Waals surface area contributed by atoms with Crippen LogP contribution in [0, 0.1) is 11.8 Å². The number of ether oxygens (including phenoxy) is 2. The van der Waals surface area contributed by atoms with E-state index >= 15 is 0 Å². The summed E-state index contributed by atoms with van der Waals surface area (Å²) in [7, 11) is 1.57. The van der Waals surface area contributed by atoms with Gasteiger partial charge in [-0.1, -0.05) is 37.6 Å². The van der Waals surface area contributed by atoms with E-state index in [4.69, 9.17) is 21.1 Å². The molecule has 0 spiro atoms. The molecule has 0 saturated heterocycles. The fourth-order valence-electron chi connectivity index (χ4n) is 3.32. The maximum Gasteiger partial charge on any atom is 0.252 e. The zero-order valence-corrected chi connectivity index (χ0v) is 22.5. The van der Waals surface area contributed by atoms with Gasteiger partial charge in [0, 0.05) is 10.7 Å². The number of carbonyl (C=O) groups is 2. The molecule has 9 heteroatoms. The molecular weight excluding hydrogens is 546 g/mol. The van der Waals surface area contributed by atoms with Crippen molar-refractivity contribution in [1.82, 2.24) is 5.43 Å². The Morgan fingerprint density at radius 2 is 1.72 bits per heavy atom. The Bertz CT molecular complexity index is 1210. The van der Waals surface area contributed by atoms with Crippen molar-refractivity contribution in [3.8, 4) is 11.5 Å². The Kier molecular flexibility index (Phi) is 9.90. The summed E-state index contributed by atoms with van der Waals surface area (Å²) in [5.74, 6) is -0.708. The molecule has 3 aromatic rings. The molecule has 3 aromatic carbocycles. The lowest BCUT2D eigenvalue weighted by Crippen LogP contribution is -2.39. The van der Waals surface area contributed by atoms with Gasteiger partial charge in [-0.25, -0.2) is 5.43 Å². The maximum atomic E-state index is 12.8. The van der Waals surface area contributed by atoms with Crippen LogP contribution >= 0.6 is 27.5 Å². The van der Waals surface area contributed by atoms with Gasteiger partial charge in [-0.05, 0) is 87.6 Å². The van der Waals surface area contributed by atoms with E-state index < -0.39 is 17.7 Å². The molecule has 1 atom stereocenters. The number of amides is 2. The lowest BCUT2D eigenvalue weighted by Gasteiger charge is -2.18. The third-order valence-corrected chi connectivity index (χ3v) is 6.11. The van der Waals surface area contributed by atoms with Crippen LogP contribution in [0.5, 0.6) is 11.5 Å². The standard InChI is InChI=1S/C27H27BrClN3O4/c1-17(2)25(26(33)31-21-9-11-22(35-3)12-10-21)27(34)32-30-15-19-6-13-24(23(28)14-19)36-16-18-4-7-20(29)8-5-18/h4-15,17,25H,16H2,1-3H3,(H,31,33)(H,32,34). The van der Waals surface area contributed by atoms with Crippen molar-refractivity contribution in [2.45, 2.75) is 20.5 Å². The Hall–Kier alpha value is -3.36. The molecule has 36 heavy (non-hydrogen) atoms. The molecule has 0 saturated carbocycles. The molecule has 0 aliphatic heterocycles. The number of rotatable bonds is 10. The Morgan fingerprint density at radius 1 is 1.03 bits per heavy atom. The molecule has 2 amide bonds. The summed E-state index contributed by atoms with van der Waals surface area (Å²) in [5.41, 5.74) is 4.79. The van der Waals surface area contributed by atoms with Crippen molar-refractivity contribution in [2.24, 2.45) is 16.9 Å². The number of carbonyl (C=O) groups excluding carboxylic acids is 2. The van der Waals surface area contributed by atoms with Gasteiger partial charge in [0.2, 0.25) is 5.91 Å². The van der Waals surface area contributed by atoms with Gasteiger partial charge in [0.25, 0.3) is 5.91 Å². The topological polar surface area (TPSA) is 89.0 Å². The van der Waals surface area contributed by atoms with Crippen LogP contribution in [0.3, 0.4) is 0 Å². The van der Waals surface area contributed by atoms with E-state index in [-0.39, 0.29) is 5.92 Å². The largest absolute Gasteiger partial charge is 0.497 e. The summed E-state index contributed by atoms with van der Waals surface area (Å²) in [6.07, 6.45) is 1.50. The van der Waals surface area contributed by atoms with E-state index in [2.05, 4.69) is 31.8 Å². The Balaban J connectivity index is 1.57.